The molecule has 0 aliphatic carbocycles. The van der Waals surface area contributed by atoms with Crippen LogP contribution in [0.2, 0.25) is 0 Å². The van der Waals surface area contributed by atoms with Crippen molar-refractivity contribution in [3.8, 4) is 0 Å². The topological polar surface area (TPSA) is 17.8 Å². The average Bonchev–Trinajstić information content (AvgIpc) is 2.51. The highest BCUT2D eigenvalue weighted by molar-refractivity contribution is 5.81. The standard InChI is InChI=1S/C11H12N2/c1-3-7-13-11-6-4-5-9(2)10(11)8-12-13/h3-6,8H,1,7H2,2H3. The van der Waals surface area contributed by atoms with Gasteiger partial charge in [-0.1, -0.05) is 18.2 Å². The minimum Gasteiger partial charge on any atom is -0.261 e. The van der Waals surface area contributed by atoms with Gasteiger partial charge in [0.2, 0.25) is 0 Å². The largest absolute Gasteiger partial charge is 0.261 e. The second kappa shape index (κ2) is 3.05. The highest BCUT2D eigenvalue weighted by Crippen LogP contribution is 2.17. The first kappa shape index (κ1) is 8.05. The van der Waals surface area contributed by atoms with Crippen LogP contribution in [0, 0.1) is 6.92 Å². The van der Waals surface area contributed by atoms with Gasteiger partial charge in [-0.2, -0.15) is 5.10 Å². The third-order valence-corrected chi connectivity index (χ3v) is 2.21. The van der Waals surface area contributed by atoms with E-state index in [2.05, 4.69) is 36.8 Å². The van der Waals surface area contributed by atoms with Crippen LogP contribution in [0.3, 0.4) is 0 Å². The van der Waals surface area contributed by atoms with E-state index in [1.165, 1.54) is 16.5 Å². The van der Waals surface area contributed by atoms with Crippen LogP contribution in [-0.4, -0.2) is 9.78 Å². The summed E-state index contributed by atoms with van der Waals surface area (Å²) in [7, 11) is 0. The number of nitrogens with zero attached hydrogens (tertiary/aromatic N) is 2. The maximum atomic E-state index is 4.29. The Bertz CT molecular complexity index is 440. The molecule has 13 heavy (non-hydrogen) atoms. The van der Waals surface area contributed by atoms with Gasteiger partial charge in [0.15, 0.2) is 0 Å². The minimum atomic E-state index is 0.771. The highest BCUT2D eigenvalue weighted by Gasteiger charge is 2.01. The summed E-state index contributed by atoms with van der Waals surface area (Å²) in [6, 6.07) is 6.24. The Morgan fingerprint density at radius 1 is 1.54 bits per heavy atom. The molecule has 2 nitrogen and oxygen atoms in total. The molecule has 0 N–H and O–H groups in total. The average molecular weight is 172 g/mol. The van der Waals surface area contributed by atoms with E-state index in [0.29, 0.717) is 0 Å². The summed E-state index contributed by atoms with van der Waals surface area (Å²) in [5, 5.41) is 5.52. The van der Waals surface area contributed by atoms with Crippen molar-refractivity contribution in [3.63, 3.8) is 0 Å². The predicted molar refractivity (Wildman–Crippen MR) is 54.7 cm³/mol. The first-order valence-electron chi connectivity index (χ1n) is 4.35. The number of benzene rings is 1. The Labute approximate surface area is 77.5 Å². The lowest BCUT2D eigenvalue weighted by atomic mass is 10.1. The third kappa shape index (κ3) is 1.24. The molecule has 2 rings (SSSR count). The fourth-order valence-corrected chi connectivity index (χ4v) is 1.52. The van der Waals surface area contributed by atoms with Crippen LogP contribution in [-0.2, 0) is 6.54 Å². The summed E-state index contributed by atoms with van der Waals surface area (Å²) in [6.45, 7) is 6.57. The number of allylic oxidation sites excluding steroid dienone is 1. The molecular formula is C11H12N2. The molecule has 0 saturated heterocycles. The van der Waals surface area contributed by atoms with E-state index in [9.17, 15) is 0 Å². The highest BCUT2D eigenvalue weighted by atomic mass is 15.3. The second-order valence-corrected chi connectivity index (χ2v) is 3.12. The van der Waals surface area contributed by atoms with E-state index in [0.717, 1.165) is 6.54 Å². The number of aryl methyl sites for hydroxylation is 1. The van der Waals surface area contributed by atoms with Crippen LogP contribution < -0.4 is 0 Å². The van der Waals surface area contributed by atoms with Crippen LogP contribution in [0.25, 0.3) is 10.9 Å². The first-order chi connectivity index (χ1) is 6.33. The maximum absolute atomic E-state index is 4.29. The molecule has 0 bridgehead atoms. The molecule has 0 aliphatic heterocycles. The molecule has 1 aromatic heterocycles. The first-order valence-corrected chi connectivity index (χ1v) is 4.35. The van der Waals surface area contributed by atoms with Gasteiger partial charge in [-0.15, -0.1) is 6.58 Å². The summed E-state index contributed by atoms with van der Waals surface area (Å²) in [5.41, 5.74) is 2.45. The molecule has 0 fully saturated rings. The molecule has 1 heterocycles. The lowest BCUT2D eigenvalue weighted by molar-refractivity contribution is 0.729. The fourth-order valence-electron chi connectivity index (χ4n) is 1.52. The van der Waals surface area contributed by atoms with Crippen molar-refractivity contribution in [3.05, 3.63) is 42.6 Å². The molecule has 0 unspecified atom stereocenters. The Kier molecular flexibility index (Phi) is 1.89. The van der Waals surface area contributed by atoms with Gasteiger partial charge in [-0.25, -0.2) is 0 Å². The van der Waals surface area contributed by atoms with Gasteiger partial charge in [0.25, 0.3) is 0 Å². The van der Waals surface area contributed by atoms with Crippen LogP contribution >= 0.6 is 0 Å². The Hall–Kier alpha value is -1.57. The van der Waals surface area contributed by atoms with Crippen LogP contribution in [0.1, 0.15) is 5.56 Å². The van der Waals surface area contributed by atoms with Crippen LogP contribution in [0.5, 0.6) is 0 Å². The minimum absolute atomic E-state index is 0.771. The monoisotopic (exact) mass is 172 g/mol. The lowest BCUT2D eigenvalue weighted by Gasteiger charge is -1.99. The molecule has 0 spiro atoms. The van der Waals surface area contributed by atoms with Gasteiger partial charge < -0.3 is 0 Å². The summed E-state index contributed by atoms with van der Waals surface area (Å²) in [6.07, 6.45) is 3.77. The van der Waals surface area contributed by atoms with Crippen LogP contribution in [0.4, 0.5) is 0 Å². The fraction of sp³-hybridized carbons (Fsp3) is 0.182. The molecule has 0 atom stereocenters. The van der Waals surface area contributed by atoms with Crippen molar-refractivity contribution in [2.45, 2.75) is 13.5 Å². The van der Waals surface area contributed by atoms with Gasteiger partial charge >= 0.3 is 0 Å². The molecule has 66 valence electrons. The molecule has 0 amide bonds. The van der Waals surface area contributed by atoms with E-state index in [-0.39, 0.29) is 0 Å². The zero-order valence-corrected chi connectivity index (χ0v) is 7.70. The third-order valence-electron chi connectivity index (χ3n) is 2.21. The molecule has 0 radical (unpaired) electrons. The number of rotatable bonds is 2. The molecule has 1 aromatic carbocycles. The molecule has 2 heteroatoms. The van der Waals surface area contributed by atoms with Crippen molar-refractivity contribution in [1.29, 1.82) is 0 Å². The second-order valence-electron chi connectivity index (χ2n) is 3.12. The summed E-state index contributed by atoms with van der Waals surface area (Å²) < 4.78 is 1.95. The van der Waals surface area contributed by atoms with Crippen molar-refractivity contribution in [2.24, 2.45) is 0 Å². The Balaban J connectivity index is 2.67. The van der Waals surface area contributed by atoms with Crippen molar-refractivity contribution in [2.75, 3.05) is 0 Å². The van der Waals surface area contributed by atoms with Gasteiger partial charge in [0, 0.05) is 5.39 Å². The van der Waals surface area contributed by atoms with E-state index in [1.807, 2.05) is 17.0 Å². The van der Waals surface area contributed by atoms with Crippen molar-refractivity contribution in [1.82, 2.24) is 9.78 Å². The molecule has 2 aromatic rings. The summed E-state index contributed by atoms with van der Waals surface area (Å²) in [5.74, 6) is 0. The summed E-state index contributed by atoms with van der Waals surface area (Å²) >= 11 is 0. The quantitative estimate of drug-likeness (QED) is 0.636. The molecular weight excluding hydrogens is 160 g/mol. The number of hydrogen-bond donors (Lipinski definition) is 0. The summed E-state index contributed by atoms with van der Waals surface area (Å²) in [4.78, 5) is 0. The zero-order valence-electron chi connectivity index (χ0n) is 7.70. The van der Waals surface area contributed by atoms with E-state index >= 15 is 0 Å². The molecule has 0 saturated carbocycles. The number of aromatic nitrogens is 2. The predicted octanol–water partition coefficient (Wildman–Crippen LogP) is 2.53. The lowest BCUT2D eigenvalue weighted by Crippen LogP contribution is -1.95. The van der Waals surface area contributed by atoms with Crippen molar-refractivity contribution >= 4 is 10.9 Å². The van der Waals surface area contributed by atoms with Gasteiger partial charge in [0.05, 0.1) is 18.3 Å². The maximum Gasteiger partial charge on any atom is 0.0688 e. The van der Waals surface area contributed by atoms with Crippen molar-refractivity contribution < 1.29 is 0 Å². The van der Waals surface area contributed by atoms with Gasteiger partial charge in [-0.05, 0) is 18.6 Å². The zero-order chi connectivity index (χ0) is 9.26. The smallest absolute Gasteiger partial charge is 0.0688 e. The normalized spacial score (nSPS) is 10.5. The number of fused-ring (bicyclic) bond motifs is 1. The van der Waals surface area contributed by atoms with E-state index < -0.39 is 0 Å². The van der Waals surface area contributed by atoms with Gasteiger partial charge in [-0.3, -0.25) is 4.68 Å². The van der Waals surface area contributed by atoms with Gasteiger partial charge in [0.1, 0.15) is 0 Å². The SMILES string of the molecule is C=CCn1ncc2c(C)cccc21. The van der Waals surface area contributed by atoms with Crippen LogP contribution in [0.15, 0.2) is 37.1 Å². The Morgan fingerprint density at radius 3 is 3.15 bits per heavy atom. The number of hydrogen-bond acceptors (Lipinski definition) is 1. The Morgan fingerprint density at radius 2 is 2.38 bits per heavy atom. The van der Waals surface area contributed by atoms with E-state index in [1.54, 1.807) is 0 Å². The molecule has 0 aliphatic rings. The van der Waals surface area contributed by atoms with E-state index in [4.69, 9.17) is 0 Å².